The Morgan fingerprint density at radius 1 is 1.10 bits per heavy atom. The molecular formula is C23H41IN4O3. The zero-order valence-electron chi connectivity index (χ0n) is 19.8. The highest BCUT2D eigenvalue weighted by atomic mass is 127. The van der Waals surface area contributed by atoms with E-state index >= 15 is 0 Å². The number of hydrogen-bond donors (Lipinski definition) is 2. The molecule has 0 radical (unpaired) electrons. The van der Waals surface area contributed by atoms with Crippen LogP contribution in [-0.2, 0) is 11.2 Å². The molecule has 1 aromatic rings. The summed E-state index contributed by atoms with van der Waals surface area (Å²) in [6.45, 7) is 9.94. The van der Waals surface area contributed by atoms with Gasteiger partial charge in [0, 0.05) is 39.3 Å². The maximum Gasteiger partial charge on any atom is 0.191 e. The van der Waals surface area contributed by atoms with Gasteiger partial charge in [0.2, 0.25) is 0 Å². The molecule has 0 aliphatic carbocycles. The van der Waals surface area contributed by atoms with Gasteiger partial charge >= 0.3 is 0 Å². The number of aliphatic imine (C=N–C) groups is 1. The van der Waals surface area contributed by atoms with E-state index in [1.807, 2.05) is 19.2 Å². The van der Waals surface area contributed by atoms with Crippen LogP contribution in [-0.4, -0.2) is 77.6 Å². The molecule has 31 heavy (non-hydrogen) atoms. The van der Waals surface area contributed by atoms with Crippen molar-refractivity contribution in [1.29, 1.82) is 0 Å². The Bertz CT molecular complexity index is 650. The van der Waals surface area contributed by atoms with E-state index in [2.05, 4.69) is 40.4 Å². The molecule has 1 unspecified atom stereocenters. The Hall–Kier alpha value is -1.26. The number of hydrogen-bond acceptors (Lipinski definition) is 5. The largest absolute Gasteiger partial charge is 0.493 e. The van der Waals surface area contributed by atoms with Crippen LogP contribution in [0.4, 0.5) is 0 Å². The Labute approximate surface area is 205 Å². The number of methoxy groups -OCH3 is 2. The van der Waals surface area contributed by atoms with Gasteiger partial charge < -0.3 is 24.8 Å². The molecule has 178 valence electrons. The number of halogens is 1. The minimum absolute atomic E-state index is 0. The summed E-state index contributed by atoms with van der Waals surface area (Å²) < 4.78 is 16.3. The van der Waals surface area contributed by atoms with E-state index in [0.717, 1.165) is 63.3 Å². The topological polar surface area (TPSA) is 67.4 Å². The number of rotatable bonds is 11. The van der Waals surface area contributed by atoms with Crippen molar-refractivity contribution in [2.24, 2.45) is 10.9 Å². The van der Waals surface area contributed by atoms with Gasteiger partial charge in [-0.2, -0.15) is 0 Å². The van der Waals surface area contributed by atoms with E-state index in [1.54, 1.807) is 14.2 Å². The third-order valence-corrected chi connectivity index (χ3v) is 5.96. The maximum atomic E-state index is 5.55. The van der Waals surface area contributed by atoms with Crippen LogP contribution >= 0.6 is 24.0 Å². The minimum Gasteiger partial charge on any atom is -0.493 e. The number of ether oxygens (including phenoxy) is 3. The van der Waals surface area contributed by atoms with E-state index in [0.29, 0.717) is 12.0 Å². The van der Waals surface area contributed by atoms with Crippen LogP contribution in [0.25, 0.3) is 0 Å². The molecule has 0 amide bonds. The molecular weight excluding hydrogens is 507 g/mol. The molecule has 1 saturated heterocycles. The van der Waals surface area contributed by atoms with Crippen molar-refractivity contribution < 1.29 is 14.2 Å². The van der Waals surface area contributed by atoms with Crippen molar-refractivity contribution >= 4 is 29.9 Å². The number of guanidine groups is 1. The van der Waals surface area contributed by atoms with Crippen LogP contribution in [0.1, 0.15) is 32.3 Å². The highest BCUT2D eigenvalue weighted by Gasteiger charge is 2.26. The number of benzene rings is 1. The highest BCUT2D eigenvalue weighted by molar-refractivity contribution is 14.0. The Morgan fingerprint density at radius 2 is 1.77 bits per heavy atom. The lowest BCUT2D eigenvalue weighted by Crippen LogP contribution is -2.53. The Morgan fingerprint density at radius 3 is 2.35 bits per heavy atom. The first kappa shape index (κ1) is 27.8. The third kappa shape index (κ3) is 8.65. The molecule has 2 rings (SSSR count). The van der Waals surface area contributed by atoms with Crippen molar-refractivity contribution in [2.75, 3.05) is 60.7 Å². The van der Waals surface area contributed by atoms with E-state index in [1.165, 1.54) is 18.4 Å². The van der Waals surface area contributed by atoms with Crippen molar-refractivity contribution in [3.8, 4) is 11.5 Å². The van der Waals surface area contributed by atoms with Crippen molar-refractivity contribution in [2.45, 2.75) is 39.2 Å². The summed E-state index contributed by atoms with van der Waals surface area (Å²) in [5, 5.41) is 7.00. The normalized spacial score (nSPS) is 15.9. The standard InChI is InChI=1S/C23H40N4O3.HI/c1-6-19(7-2)20(27-12-14-30-15-13-27)17-26-23(24-3)25-11-10-18-8-9-21(28-4)22(16-18)29-5;/h8-9,16,19-20H,6-7,10-15,17H2,1-5H3,(H2,24,25,26);1H. The molecule has 0 bridgehead atoms. The van der Waals surface area contributed by atoms with Gasteiger partial charge in [0.1, 0.15) is 0 Å². The molecule has 0 aromatic heterocycles. The van der Waals surface area contributed by atoms with Crippen molar-refractivity contribution in [1.82, 2.24) is 15.5 Å². The smallest absolute Gasteiger partial charge is 0.191 e. The van der Waals surface area contributed by atoms with Gasteiger partial charge in [-0.25, -0.2) is 0 Å². The zero-order chi connectivity index (χ0) is 21.8. The molecule has 1 fully saturated rings. The molecule has 1 aliphatic heterocycles. The fraction of sp³-hybridized carbons (Fsp3) is 0.696. The summed E-state index contributed by atoms with van der Waals surface area (Å²) in [6.07, 6.45) is 3.25. The van der Waals surface area contributed by atoms with Gasteiger partial charge in [-0.05, 0) is 30.0 Å². The lowest BCUT2D eigenvalue weighted by molar-refractivity contribution is 0.00272. The molecule has 2 N–H and O–H groups in total. The summed E-state index contributed by atoms with van der Waals surface area (Å²) in [7, 11) is 5.14. The summed E-state index contributed by atoms with van der Waals surface area (Å²) >= 11 is 0. The minimum atomic E-state index is 0. The number of nitrogens with one attached hydrogen (secondary N) is 2. The summed E-state index contributed by atoms with van der Waals surface area (Å²) in [5.41, 5.74) is 1.19. The number of morpholine rings is 1. The molecule has 1 atom stereocenters. The van der Waals surface area contributed by atoms with Gasteiger partial charge in [-0.3, -0.25) is 9.89 Å². The van der Waals surface area contributed by atoms with Crippen molar-refractivity contribution in [3.05, 3.63) is 23.8 Å². The van der Waals surface area contributed by atoms with Crippen molar-refractivity contribution in [3.63, 3.8) is 0 Å². The van der Waals surface area contributed by atoms with E-state index < -0.39 is 0 Å². The average molecular weight is 549 g/mol. The second-order valence-electron chi connectivity index (χ2n) is 7.61. The van der Waals surface area contributed by atoms with Gasteiger partial charge in [0.25, 0.3) is 0 Å². The molecule has 1 heterocycles. The van der Waals surface area contributed by atoms with Gasteiger partial charge in [0.05, 0.1) is 27.4 Å². The molecule has 0 saturated carbocycles. The van der Waals surface area contributed by atoms with Crippen LogP contribution in [0.5, 0.6) is 11.5 Å². The molecule has 0 spiro atoms. The first-order chi connectivity index (χ1) is 14.7. The Balaban J connectivity index is 0.00000480. The highest BCUT2D eigenvalue weighted by Crippen LogP contribution is 2.27. The third-order valence-electron chi connectivity index (χ3n) is 5.96. The van der Waals surface area contributed by atoms with Crippen LogP contribution in [0, 0.1) is 5.92 Å². The quantitative estimate of drug-likeness (QED) is 0.252. The van der Waals surface area contributed by atoms with Gasteiger partial charge in [0.15, 0.2) is 17.5 Å². The second kappa shape index (κ2) is 15.5. The summed E-state index contributed by atoms with van der Waals surface area (Å²) in [6, 6.07) is 6.54. The first-order valence-corrected chi connectivity index (χ1v) is 11.1. The Kier molecular flexibility index (Phi) is 13.9. The lowest BCUT2D eigenvalue weighted by Gasteiger charge is -2.39. The predicted octanol–water partition coefficient (Wildman–Crippen LogP) is 3.17. The molecule has 8 heteroatoms. The SMILES string of the molecule is CCC(CC)C(CNC(=NC)NCCc1ccc(OC)c(OC)c1)N1CCOCC1.I. The summed E-state index contributed by atoms with van der Waals surface area (Å²) in [5.74, 6) is 3.03. The predicted molar refractivity (Wildman–Crippen MR) is 138 cm³/mol. The van der Waals surface area contributed by atoms with E-state index in [-0.39, 0.29) is 24.0 Å². The van der Waals surface area contributed by atoms with Crippen LogP contribution < -0.4 is 20.1 Å². The fourth-order valence-corrected chi connectivity index (χ4v) is 4.12. The zero-order valence-corrected chi connectivity index (χ0v) is 22.1. The number of nitrogens with zero attached hydrogens (tertiary/aromatic N) is 2. The van der Waals surface area contributed by atoms with Gasteiger partial charge in [-0.1, -0.05) is 32.8 Å². The fourth-order valence-electron chi connectivity index (χ4n) is 4.12. The van der Waals surface area contributed by atoms with E-state index in [9.17, 15) is 0 Å². The van der Waals surface area contributed by atoms with Crippen LogP contribution in [0.3, 0.4) is 0 Å². The van der Waals surface area contributed by atoms with Crippen LogP contribution in [0.2, 0.25) is 0 Å². The molecule has 7 nitrogen and oxygen atoms in total. The second-order valence-corrected chi connectivity index (χ2v) is 7.61. The lowest BCUT2D eigenvalue weighted by atomic mass is 9.92. The molecule has 1 aliphatic rings. The molecule has 1 aromatic carbocycles. The monoisotopic (exact) mass is 548 g/mol. The van der Waals surface area contributed by atoms with Gasteiger partial charge in [-0.15, -0.1) is 24.0 Å². The maximum absolute atomic E-state index is 5.55. The first-order valence-electron chi connectivity index (χ1n) is 11.1. The van der Waals surface area contributed by atoms with Crippen LogP contribution in [0.15, 0.2) is 23.2 Å². The average Bonchev–Trinajstić information content (AvgIpc) is 2.80. The van der Waals surface area contributed by atoms with E-state index in [4.69, 9.17) is 14.2 Å². The summed E-state index contributed by atoms with van der Waals surface area (Å²) in [4.78, 5) is 6.99.